The molecule has 0 heterocycles. The van der Waals surface area contributed by atoms with Crippen LogP contribution in [0.25, 0.3) is 0 Å². The molecule has 0 saturated carbocycles. The Hall–Kier alpha value is -0.160. The average Bonchev–Trinajstić information content (AvgIpc) is 2.95. The number of unbranched alkanes of at least 4 members (excludes halogenated alkanes) is 20. The zero-order valence-corrected chi connectivity index (χ0v) is 27.6. The van der Waals surface area contributed by atoms with Crippen LogP contribution in [-0.4, -0.2) is 34.5 Å². The van der Waals surface area contributed by atoms with Gasteiger partial charge in [0.15, 0.2) is 0 Å². The Balaban J connectivity index is 0. The van der Waals surface area contributed by atoms with Gasteiger partial charge in [0.1, 0.15) is 0 Å². The predicted octanol–water partition coefficient (Wildman–Crippen LogP) is 9.96. The lowest BCUT2D eigenvalue weighted by atomic mass is 9.88. The van der Waals surface area contributed by atoms with E-state index >= 15 is 0 Å². The lowest BCUT2D eigenvalue weighted by molar-refractivity contribution is 0.171. The molecule has 2 unspecified atom stereocenters. The van der Waals surface area contributed by atoms with Gasteiger partial charge in [-0.3, -0.25) is 0 Å². The van der Waals surface area contributed by atoms with Gasteiger partial charge in [-0.1, -0.05) is 175 Å². The van der Waals surface area contributed by atoms with Crippen LogP contribution in [0.4, 0.5) is 0 Å². The molecular weight excluding hydrogens is 480 g/mol. The summed E-state index contributed by atoms with van der Waals surface area (Å²) >= 11 is 0. The Morgan fingerprint density at radius 3 is 0.872 bits per heavy atom. The third kappa shape index (κ3) is 29.1. The highest BCUT2D eigenvalue weighted by Gasteiger charge is 2.22. The maximum atomic E-state index is 9.50. The monoisotopic (exact) mass is 557 g/mol. The highest BCUT2D eigenvalue weighted by atomic mass is 16.3. The summed E-state index contributed by atoms with van der Waals surface area (Å²) in [4.78, 5) is 0. The van der Waals surface area contributed by atoms with Gasteiger partial charge in [-0.15, -0.1) is 0 Å². The van der Waals surface area contributed by atoms with E-state index in [0.29, 0.717) is 0 Å². The number of hydrogen-bond acceptors (Lipinski definition) is 4. The highest BCUT2D eigenvalue weighted by Crippen LogP contribution is 2.21. The molecular formula is C35H76N2O2. The Kier molecular flexibility index (Phi) is 32.4. The van der Waals surface area contributed by atoms with E-state index in [1.165, 1.54) is 141 Å². The van der Waals surface area contributed by atoms with Crippen molar-refractivity contribution < 1.29 is 10.2 Å². The molecule has 4 heteroatoms. The van der Waals surface area contributed by atoms with Crippen LogP contribution >= 0.6 is 0 Å². The minimum atomic E-state index is -0.319. The topological polar surface area (TPSA) is 92.5 Å². The van der Waals surface area contributed by atoms with Crippen molar-refractivity contribution in [3.05, 3.63) is 0 Å². The van der Waals surface area contributed by atoms with Gasteiger partial charge in [-0.2, -0.15) is 0 Å². The highest BCUT2D eigenvalue weighted by molar-refractivity contribution is 4.83. The molecule has 4 nitrogen and oxygen atoms in total. The van der Waals surface area contributed by atoms with Gasteiger partial charge in [0, 0.05) is 11.1 Å². The molecule has 0 aromatic carbocycles. The standard InChI is InChI=1S/C19H41NO.C16H35NO/c1-3-5-7-8-9-10-11-12-13-15-17-19(20,18-21)16-14-6-4-2;1-3-5-6-7-8-9-10-11-12-13-14-16(17,4-2)15-18/h21H,3-18,20H2,1-2H3;18H,3-15,17H2,1-2H3. The van der Waals surface area contributed by atoms with E-state index in [2.05, 4.69) is 27.7 Å². The van der Waals surface area contributed by atoms with Gasteiger partial charge in [0.25, 0.3) is 0 Å². The number of aliphatic hydroxyl groups excluding tert-OH is 2. The lowest BCUT2D eigenvalue weighted by Crippen LogP contribution is -2.43. The zero-order valence-electron chi connectivity index (χ0n) is 27.6. The molecule has 0 aliphatic heterocycles. The van der Waals surface area contributed by atoms with Crippen molar-refractivity contribution in [1.29, 1.82) is 0 Å². The summed E-state index contributed by atoms with van der Waals surface area (Å²) in [7, 11) is 0. The Morgan fingerprint density at radius 1 is 0.359 bits per heavy atom. The van der Waals surface area contributed by atoms with Crippen molar-refractivity contribution in [2.24, 2.45) is 11.5 Å². The first kappa shape index (κ1) is 41.0. The third-order valence-electron chi connectivity index (χ3n) is 8.67. The summed E-state index contributed by atoms with van der Waals surface area (Å²) in [6.45, 7) is 9.08. The summed E-state index contributed by atoms with van der Waals surface area (Å²) in [5.41, 5.74) is 11.7. The van der Waals surface area contributed by atoms with E-state index in [1.807, 2.05) is 0 Å². The molecule has 0 amide bonds. The first-order chi connectivity index (χ1) is 18.9. The first-order valence-corrected chi connectivity index (χ1v) is 17.7. The molecule has 39 heavy (non-hydrogen) atoms. The first-order valence-electron chi connectivity index (χ1n) is 17.7. The summed E-state index contributed by atoms with van der Waals surface area (Å²) in [5, 5.41) is 18.7. The van der Waals surface area contributed by atoms with Crippen LogP contribution in [-0.2, 0) is 0 Å². The van der Waals surface area contributed by atoms with Crippen molar-refractivity contribution >= 4 is 0 Å². The zero-order chi connectivity index (χ0) is 29.5. The van der Waals surface area contributed by atoms with E-state index in [-0.39, 0.29) is 24.3 Å². The third-order valence-corrected chi connectivity index (χ3v) is 8.67. The minimum Gasteiger partial charge on any atom is -0.394 e. The largest absolute Gasteiger partial charge is 0.394 e. The van der Waals surface area contributed by atoms with Crippen molar-refractivity contribution in [2.75, 3.05) is 13.2 Å². The maximum absolute atomic E-state index is 9.50. The van der Waals surface area contributed by atoms with E-state index in [0.717, 1.165) is 32.1 Å². The fourth-order valence-corrected chi connectivity index (χ4v) is 5.31. The summed E-state index contributed by atoms with van der Waals surface area (Å²) in [5.74, 6) is 0. The Morgan fingerprint density at radius 2 is 0.590 bits per heavy atom. The van der Waals surface area contributed by atoms with Gasteiger partial charge in [-0.25, -0.2) is 0 Å². The molecule has 0 aliphatic carbocycles. The van der Waals surface area contributed by atoms with Crippen LogP contribution in [0, 0.1) is 0 Å². The molecule has 0 aromatic heterocycles. The molecule has 0 bridgehead atoms. The smallest absolute Gasteiger partial charge is 0.0611 e. The molecule has 6 N–H and O–H groups in total. The van der Waals surface area contributed by atoms with Crippen LogP contribution in [0.5, 0.6) is 0 Å². The van der Waals surface area contributed by atoms with Gasteiger partial charge in [0.05, 0.1) is 13.2 Å². The molecule has 0 fully saturated rings. The van der Waals surface area contributed by atoms with E-state index in [4.69, 9.17) is 11.5 Å². The Labute approximate surface area is 246 Å². The number of rotatable bonds is 29. The molecule has 0 radical (unpaired) electrons. The normalized spacial score (nSPS) is 14.5. The fraction of sp³-hybridized carbons (Fsp3) is 1.00. The molecule has 0 rings (SSSR count). The van der Waals surface area contributed by atoms with Crippen LogP contribution in [0.2, 0.25) is 0 Å². The molecule has 238 valence electrons. The number of aliphatic hydroxyl groups is 2. The van der Waals surface area contributed by atoms with Crippen LogP contribution in [0.3, 0.4) is 0 Å². The van der Waals surface area contributed by atoms with Gasteiger partial charge >= 0.3 is 0 Å². The summed E-state index contributed by atoms with van der Waals surface area (Å²) < 4.78 is 0. The molecule has 2 atom stereocenters. The van der Waals surface area contributed by atoms with Crippen molar-refractivity contribution in [2.45, 2.75) is 212 Å². The number of nitrogens with two attached hydrogens (primary N) is 2. The molecule has 0 aliphatic rings. The van der Waals surface area contributed by atoms with E-state index in [1.54, 1.807) is 0 Å². The molecule has 0 saturated heterocycles. The second kappa shape index (κ2) is 30.8. The SMILES string of the molecule is CCCCCCCCCCCCC(N)(CC)CO.CCCCCCCCCCCCC(N)(CO)CCCCC. The van der Waals surface area contributed by atoms with Crippen molar-refractivity contribution in [3.8, 4) is 0 Å². The quantitative estimate of drug-likeness (QED) is 0.0690. The lowest BCUT2D eigenvalue weighted by Gasteiger charge is -2.27. The van der Waals surface area contributed by atoms with Crippen LogP contribution in [0.15, 0.2) is 0 Å². The molecule has 0 aromatic rings. The van der Waals surface area contributed by atoms with E-state index in [9.17, 15) is 10.2 Å². The van der Waals surface area contributed by atoms with Gasteiger partial charge in [-0.05, 0) is 25.7 Å². The van der Waals surface area contributed by atoms with Gasteiger partial charge < -0.3 is 21.7 Å². The average molecular weight is 557 g/mol. The van der Waals surface area contributed by atoms with E-state index < -0.39 is 0 Å². The maximum Gasteiger partial charge on any atom is 0.0611 e. The second-order valence-electron chi connectivity index (χ2n) is 12.7. The fourth-order valence-electron chi connectivity index (χ4n) is 5.31. The summed E-state index contributed by atoms with van der Waals surface area (Å²) in [6, 6.07) is 0. The summed E-state index contributed by atoms with van der Waals surface area (Å²) in [6.07, 6.45) is 34.5. The van der Waals surface area contributed by atoms with Crippen LogP contribution in [0.1, 0.15) is 201 Å². The molecule has 0 spiro atoms. The van der Waals surface area contributed by atoms with Crippen LogP contribution < -0.4 is 11.5 Å². The van der Waals surface area contributed by atoms with Crippen molar-refractivity contribution in [3.63, 3.8) is 0 Å². The predicted molar refractivity (Wildman–Crippen MR) is 175 cm³/mol. The minimum absolute atomic E-state index is 0.126. The Bertz CT molecular complexity index is 456. The van der Waals surface area contributed by atoms with Crippen molar-refractivity contribution in [1.82, 2.24) is 0 Å². The second-order valence-corrected chi connectivity index (χ2v) is 12.7. The number of hydrogen-bond donors (Lipinski definition) is 4. The van der Waals surface area contributed by atoms with Gasteiger partial charge in [0.2, 0.25) is 0 Å².